The van der Waals surface area contributed by atoms with Crippen LogP contribution in [0.4, 0.5) is 4.39 Å². The molecule has 6 heteroatoms. The third kappa shape index (κ3) is 2.60. The van der Waals surface area contributed by atoms with Crippen molar-refractivity contribution in [1.29, 1.82) is 0 Å². The number of methoxy groups -OCH3 is 1. The molecule has 2 N–H and O–H groups in total. The quantitative estimate of drug-likeness (QED) is 0.806. The number of esters is 1. The molecule has 18 heavy (non-hydrogen) atoms. The Labute approximate surface area is 104 Å². The molecule has 1 aliphatic heterocycles. The molecule has 0 bridgehead atoms. The van der Waals surface area contributed by atoms with Gasteiger partial charge in [-0.25, -0.2) is 4.39 Å². The van der Waals surface area contributed by atoms with Gasteiger partial charge < -0.3 is 19.9 Å². The molecule has 1 aromatic rings. The third-order valence-electron chi connectivity index (χ3n) is 2.70. The molecule has 0 saturated carbocycles. The smallest absolute Gasteiger partial charge is 0.322 e. The zero-order chi connectivity index (χ0) is 13.1. The lowest BCUT2D eigenvalue weighted by atomic mass is 10.0. The van der Waals surface area contributed by atoms with Gasteiger partial charge in [-0.2, -0.15) is 0 Å². The van der Waals surface area contributed by atoms with E-state index in [0.717, 1.165) is 0 Å². The lowest BCUT2D eigenvalue weighted by molar-refractivity contribution is -0.142. The van der Waals surface area contributed by atoms with Crippen LogP contribution in [0, 0.1) is 5.82 Å². The number of benzene rings is 1. The highest BCUT2D eigenvalue weighted by atomic mass is 19.1. The highest BCUT2D eigenvalue weighted by Gasteiger charge is 2.21. The Balaban J connectivity index is 2.27. The number of nitrogens with two attached hydrogens (primary N) is 1. The van der Waals surface area contributed by atoms with Crippen LogP contribution in [0.25, 0.3) is 0 Å². The summed E-state index contributed by atoms with van der Waals surface area (Å²) in [6.07, 6.45) is 0.159. The summed E-state index contributed by atoms with van der Waals surface area (Å²) >= 11 is 0. The fraction of sp³-hybridized carbons (Fsp3) is 0.417. The molecular weight excluding hydrogens is 241 g/mol. The van der Waals surface area contributed by atoms with Crippen molar-refractivity contribution in [2.75, 3.05) is 13.9 Å². The van der Waals surface area contributed by atoms with E-state index in [0.29, 0.717) is 16.9 Å². The van der Waals surface area contributed by atoms with Crippen molar-refractivity contribution in [2.45, 2.75) is 19.1 Å². The van der Waals surface area contributed by atoms with Crippen LogP contribution in [0.1, 0.15) is 11.1 Å². The summed E-state index contributed by atoms with van der Waals surface area (Å²) in [6.45, 7) is 0.395. The lowest BCUT2D eigenvalue weighted by Crippen LogP contribution is -2.34. The molecule has 0 radical (unpaired) electrons. The van der Waals surface area contributed by atoms with Crippen LogP contribution in [0.5, 0.6) is 5.75 Å². The normalized spacial score (nSPS) is 15.5. The Kier molecular flexibility index (Phi) is 3.78. The molecule has 0 spiro atoms. The molecule has 1 atom stereocenters. The van der Waals surface area contributed by atoms with Gasteiger partial charge in [-0.3, -0.25) is 4.79 Å². The molecule has 0 aliphatic carbocycles. The van der Waals surface area contributed by atoms with E-state index in [1.165, 1.54) is 19.2 Å². The van der Waals surface area contributed by atoms with Gasteiger partial charge in [-0.15, -0.1) is 0 Å². The van der Waals surface area contributed by atoms with Crippen molar-refractivity contribution >= 4 is 5.97 Å². The second-order valence-electron chi connectivity index (χ2n) is 4.00. The first-order valence-electron chi connectivity index (χ1n) is 5.47. The fourth-order valence-electron chi connectivity index (χ4n) is 1.88. The first-order valence-corrected chi connectivity index (χ1v) is 5.47. The molecule has 1 unspecified atom stereocenters. The van der Waals surface area contributed by atoms with E-state index >= 15 is 0 Å². The van der Waals surface area contributed by atoms with E-state index in [1.54, 1.807) is 0 Å². The predicted molar refractivity (Wildman–Crippen MR) is 60.4 cm³/mol. The van der Waals surface area contributed by atoms with Crippen LogP contribution in [-0.4, -0.2) is 25.9 Å². The van der Waals surface area contributed by atoms with E-state index in [1.807, 2.05) is 0 Å². The zero-order valence-corrected chi connectivity index (χ0v) is 9.94. The minimum absolute atomic E-state index is 0.110. The van der Waals surface area contributed by atoms with Crippen LogP contribution < -0.4 is 10.5 Å². The first kappa shape index (κ1) is 12.8. The number of carbonyl (C=O) groups excluding carboxylic acids is 1. The van der Waals surface area contributed by atoms with Crippen molar-refractivity contribution in [3.8, 4) is 5.75 Å². The molecule has 1 aliphatic rings. The first-order chi connectivity index (χ1) is 8.61. The van der Waals surface area contributed by atoms with Crippen LogP contribution in [0.3, 0.4) is 0 Å². The molecule has 98 valence electrons. The maximum absolute atomic E-state index is 13.4. The Morgan fingerprint density at radius 3 is 3.11 bits per heavy atom. The topological polar surface area (TPSA) is 70.8 Å². The van der Waals surface area contributed by atoms with Gasteiger partial charge in [0.25, 0.3) is 0 Å². The average molecular weight is 255 g/mol. The van der Waals surface area contributed by atoms with Crippen molar-refractivity contribution in [1.82, 2.24) is 0 Å². The Morgan fingerprint density at radius 1 is 1.61 bits per heavy atom. The van der Waals surface area contributed by atoms with Crippen LogP contribution in [0.15, 0.2) is 12.1 Å². The van der Waals surface area contributed by atoms with Gasteiger partial charge in [0.1, 0.15) is 17.6 Å². The number of carbonyl (C=O) groups is 1. The number of halogens is 1. The Bertz CT molecular complexity index is 464. The summed E-state index contributed by atoms with van der Waals surface area (Å²) < 4.78 is 28.4. The number of fused-ring (bicyclic) bond motifs is 1. The molecule has 5 nitrogen and oxygen atoms in total. The molecular formula is C12H14FNO4. The maximum Gasteiger partial charge on any atom is 0.322 e. The second kappa shape index (κ2) is 5.32. The SMILES string of the molecule is COC(=O)C(N)Cc1cc(F)cc2c1OCOC2. The number of hydrogen-bond donors (Lipinski definition) is 1. The van der Waals surface area contributed by atoms with E-state index in [-0.39, 0.29) is 19.8 Å². The largest absolute Gasteiger partial charge is 0.468 e. The van der Waals surface area contributed by atoms with Crippen molar-refractivity contribution in [3.63, 3.8) is 0 Å². The Hall–Kier alpha value is -1.66. The van der Waals surface area contributed by atoms with Crippen LogP contribution >= 0.6 is 0 Å². The van der Waals surface area contributed by atoms with Gasteiger partial charge in [-0.1, -0.05) is 0 Å². The predicted octanol–water partition coefficient (Wildman–Crippen LogP) is 0.735. The van der Waals surface area contributed by atoms with Crippen LogP contribution in [-0.2, 0) is 27.3 Å². The monoisotopic (exact) mass is 255 g/mol. The summed E-state index contributed by atoms with van der Waals surface area (Å²) in [6, 6.07) is 1.82. The maximum atomic E-state index is 13.4. The van der Waals surface area contributed by atoms with E-state index < -0.39 is 17.8 Å². The van der Waals surface area contributed by atoms with Gasteiger partial charge in [0.05, 0.1) is 13.7 Å². The highest BCUT2D eigenvalue weighted by molar-refractivity contribution is 5.75. The molecule has 0 fully saturated rings. The molecule has 0 saturated heterocycles. The number of rotatable bonds is 3. The zero-order valence-electron chi connectivity index (χ0n) is 9.94. The molecule has 0 aromatic heterocycles. The van der Waals surface area contributed by atoms with E-state index in [4.69, 9.17) is 15.2 Å². The highest BCUT2D eigenvalue weighted by Crippen LogP contribution is 2.30. The minimum Gasteiger partial charge on any atom is -0.468 e. The summed E-state index contributed by atoms with van der Waals surface area (Å²) in [5, 5.41) is 0. The van der Waals surface area contributed by atoms with Crippen molar-refractivity contribution < 1.29 is 23.4 Å². The molecule has 1 aromatic carbocycles. The third-order valence-corrected chi connectivity index (χ3v) is 2.70. The fourth-order valence-corrected chi connectivity index (χ4v) is 1.88. The van der Waals surface area contributed by atoms with E-state index in [2.05, 4.69) is 4.74 Å². The van der Waals surface area contributed by atoms with Crippen LogP contribution in [0.2, 0.25) is 0 Å². The minimum atomic E-state index is -0.840. The summed E-state index contributed by atoms with van der Waals surface area (Å²) in [4.78, 5) is 11.3. The molecule has 2 rings (SSSR count). The summed E-state index contributed by atoms with van der Waals surface area (Å²) in [5.74, 6) is -0.406. The summed E-state index contributed by atoms with van der Waals surface area (Å²) in [7, 11) is 1.26. The number of hydrogen-bond acceptors (Lipinski definition) is 5. The molecule has 0 amide bonds. The van der Waals surface area contributed by atoms with Gasteiger partial charge in [0, 0.05) is 12.0 Å². The van der Waals surface area contributed by atoms with Crippen molar-refractivity contribution in [2.24, 2.45) is 5.73 Å². The lowest BCUT2D eigenvalue weighted by Gasteiger charge is -2.21. The van der Waals surface area contributed by atoms with Crippen molar-refractivity contribution in [3.05, 3.63) is 29.1 Å². The van der Waals surface area contributed by atoms with Gasteiger partial charge in [0.2, 0.25) is 0 Å². The van der Waals surface area contributed by atoms with Gasteiger partial charge in [-0.05, 0) is 17.7 Å². The van der Waals surface area contributed by atoms with E-state index in [9.17, 15) is 9.18 Å². The average Bonchev–Trinajstić information content (AvgIpc) is 2.37. The molecule has 1 heterocycles. The summed E-state index contributed by atoms with van der Waals surface area (Å²) in [5.41, 5.74) is 6.83. The Morgan fingerprint density at radius 2 is 2.39 bits per heavy atom. The van der Waals surface area contributed by atoms with Gasteiger partial charge >= 0.3 is 5.97 Å². The second-order valence-corrected chi connectivity index (χ2v) is 4.00. The van der Waals surface area contributed by atoms with Gasteiger partial charge in [0.15, 0.2) is 6.79 Å². The standard InChI is InChI=1S/C12H14FNO4/c1-16-12(15)10(14)4-7-2-9(13)3-8-5-17-6-18-11(7)8/h2-3,10H,4-6,14H2,1H3. The number of ether oxygens (including phenoxy) is 3.